The predicted octanol–water partition coefficient (Wildman–Crippen LogP) is 8.17. The van der Waals surface area contributed by atoms with Crippen LogP contribution in [0.1, 0.15) is 50.6 Å². The number of imidazole rings is 1. The van der Waals surface area contributed by atoms with E-state index >= 15 is 0 Å². The van der Waals surface area contributed by atoms with Gasteiger partial charge in [0.1, 0.15) is 5.54 Å². The summed E-state index contributed by atoms with van der Waals surface area (Å²) in [7, 11) is 0. The van der Waals surface area contributed by atoms with Crippen molar-refractivity contribution in [2.75, 3.05) is 0 Å². The van der Waals surface area contributed by atoms with Crippen molar-refractivity contribution in [3.05, 3.63) is 178 Å². The molecule has 0 amide bonds. The molecule has 1 unspecified atom stereocenters. The lowest BCUT2D eigenvalue weighted by molar-refractivity contribution is 0.514. The van der Waals surface area contributed by atoms with Crippen LogP contribution in [0.2, 0.25) is 0 Å². The van der Waals surface area contributed by atoms with Crippen molar-refractivity contribution >= 4 is 11.5 Å². The van der Waals surface area contributed by atoms with Gasteiger partial charge in [-0.15, -0.1) is 0 Å². The van der Waals surface area contributed by atoms with Crippen molar-refractivity contribution in [2.24, 2.45) is 0 Å². The van der Waals surface area contributed by atoms with Crippen LogP contribution in [0.25, 0.3) is 0 Å². The molecule has 6 aromatic rings. The maximum absolute atomic E-state index is 5.13. The van der Waals surface area contributed by atoms with Gasteiger partial charge in [-0.05, 0) is 70.7 Å². The van der Waals surface area contributed by atoms with Crippen molar-refractivity contribution in [1.29, 1.82) is 0 Å². The summed E-state index contributed by atoms with van der Waals surface area (Å²) in [4.78, 5) is 5.13. The van der Waals surface area contributed by atoms with E-state index in [1.54, 1.807) is 0 Å². The highest BCUT2D eigenvalue weighted by Crippen LogP contribution is 2.42. The number of aromatic nitrogens is 3. The lowest BCUT2D eigenvalue weighted by Crippen LogP contribution is -2.37. The van der Waals surface area contributed by atoms with Gasteiger partial charge in [-0.2, -0.15) is 0 Å². The van der Waals surface area contributed by atoms with Gasteiger partial charge >= 0.3 is 0 Å². The average Bonchev–Trinajstić information content (AvgIpc) is 3.69. The van der Waals surface area contributed by atoms with Gasteiger partial charge in [-0.25, -0.2) is 9.36 Å². The fourth-order valence-corrected chi connectivity index (χ4v) is 6.32. The monoisotopic (exact) mass is 525 g/mol. The Bertz CT molecular complexity index is 1540. The fourth-order valence-electron chi connectivity index (χ4n) is 5.78. The predicted molar refractivity (Wildman–Crippen MR) is 160 cm³/mol. The number of hydrogen-bond acceptors (Lipinski definition) is 3. The summed E-state index contributed by atoms with van der Waals surface area (Å²) in [5.41, 5.74) is 9.22. The molecule has 2 heterocycles. The number of aryl methyl sites for hydroxylation is 1. The Morgan fingerprint density at radius 3 is 1.87 bits per heavy atom. The Hall–Kier alpha value is -4.28. The van der Waals surface area contributed by atoms with Crippen molar-refractivity contribution in [3.8, 4) is 0 Å². The molecule has 0 fully saturated rings. The van der Waals surface area contributed by atoms with Gasteiger partial charge in [-0.3, -0.25) is 0 Å². The van der Waals surface area contributed by atoms with E-state index in [0.29, 0.717) is 0 Å². The zero-order valence-electron chi connectivity index (χ0n) is 22.2. The Morgan fingerprint density at radius 2 is 1.33 bits per heavy atom. The molecule has 0 saturated carbocycles. The zero-order chi connectivity index (χ0) is 26.7. The van der Waals surface area contributed by atoms with E-state index in [9.17, 15) is 0 Å². The third-order valence-corrected chi connectivity index (χ3v) is 8.50. The van der Waals surface area contributed by atoms with E-state index in [0.717, 1.165) is 12.1 Å². The van der Waals surface area contributed by atoms with Crippen LogP contribution in [0.5, 0.6) is 0 Å². The summed E-state index contributed by atoms with van der Waals surface area (Å²) in [6, 6.07) is 38.9. The Balaban J connectivity index is 1.58. The second kappa shape index (κ2) is 10.8. The first-order valence-corrected chi connectivity index (χ1v) is 14.2. The van der Waals surface area contributed by atoms with Gasteiger partial charge in [0.2, 0.25) is 0 Å². The second-order valence-corrected chi connectivity index (χ2v) is 10.8. The van der Waals surface area contributed by atoms with Crippen molar-refractivity contribution < 1.29 is 0 Å². The van der Waals surface area contributed by atoms with E-state index in [-0.39, 0.29) is 5.92 Å². The van der Waals surface area contributed by atoms with E-state index in [4.69, 9.17) is 4.98 Å². The molecular formula is C35H31N3S. The fraction of sp³-hybridized carbons (Fsp3) is 0.143. The van der Waals surface area contributed by atoms with Crippen molar-refractivity contribution in [1.82, 2.24) is 13.9 Å². The summed E-state index contributed by atoms with van der Waals surface area (Å²) in [6.07, 6.45) is 7.13. The minimum absolute atomic E-state index is 0.113. The molecule has 4 aromatic carbocycles. The van der Waals surface area contributed by atoms with Gasteiger partial charge in [-0.1, -0.05) is 109 Å². The highest BCUT2D eigenvalue weighted by molar-refractivity contribution is 7.03. The van der Waals surface area contributed by atoms with Gasteiger partial charge in [0, 0.05) is 23.7 Å². The summed E-state index contributed by atoms with van der Waals surface area (Å²) < 4.78 is 6.69. The second-order valence-electron chi connectivity index (χ2n) is 10.1. The zero-order valence-corrected chi connectivity index (χ0v) is 23.1. The molecule has 0 saturated heterocycles. The van der Waals surface area contributed by atoms with Gasteiger partial charge in [0.05, 0.1) is 12.0 Å². The van der Waals surface area contributed by atoms with Crippen LogP contribution < -0.4 is 0 Å². The molecule has 6 rings (SSSR count). The van der Waals surface area contributed by atoms with Gasteiger partial charge in [0.25, 0.3) is 0 Å². The molecule has 1 atom stereocenters. The van der Waals surface area contributed by atoms with Crippen LogP contribution in [0.3, 0.4) is 0 Å². The Kier molecular flexibility index (Phi) is 6.95. The number of benzene rings is 4. The van der Waals surface area contributed by atoms with Crippen LogP contribution >= 0.6 is 11.5 Å². The molecule has 192 valence electrons. The third-order valence-electron chi connectivity index (χ3n) is 7.87. The number of nitrogens with zero attached hydrogens (tertiary/aromatic N) is 3. The van der Waals surface area contributed by atoms with E-state index in [2.05, 4.69) is 144 Å². The number of hydrogen-bond donors (Lipinski definition) is 0. The highest BCUT2D eigenvalue weighted by Gasteiger charge is 2.38. The molecule has 4 heteroatoms. The molecule has 0 N–H and O–H groups in total. The van der Waals surface area contributed by atoms with Crippen molar-refractivity contribution in [3.63, 3.8) is 0 Å². The average molecular weight is 526 g/mol. The maximum atomic E-state index is 5.13. The molecule has 0 bridgehead atoms. The molecule has 0 aliphatic carbocycles. The minimum atomic E-state index is -0.578. The van der Waals surface area contributed by atoms with Gasteiger partial charge in [0.15, 0.2) is 0 Å². The van der Waals surface area contributed by atoms with Crippen LogP contribution in [0.4, 0.5) is 0 Å². The van der Waals surface area contributed by atoms with Crippen LogP contribution in [0.15, 0.2) is 133 Å². The first-order chi connectivity index (χ1) is 19.2. The third kappa shape index (κ3) is 4.62. The first-order valence-electron chi connectivity index (χ1n) is 13.3. The smallest absolute Gasteiger partial charge is 0.121 e. The van der Waals surface area contributed by atoms with Crippen LogP contribution in [0, 0.1) is 13.8 Å². The quantitative estimate of drug-likeness (QED) is 0.188. The van der Waals surface area contributed by atoms with Gasteiger partial charge < -0.3 is 4.57 Å². The highest BCUT2D eigenvalue weighted by atomic mass is 32.1. The van der Waals surface area contributed by atoms with Crippen LogP contribution in [-0.2, 0) is 12.0 Å². The minimum Gasteiger partial charge on any atom is -0.319 e. The Morgan fingerprint density at radius 1 is 0.744 bits per heavy atom. The molecule has 0 aliphatic heterocycles. The standard InChI is InChI=1S/C35H31N3S/c1-26-13-12-20-32(27(26)2)33(21-28-22-37-39-24-28)34-23-38(25-36-34)35(29-14-6-3-7-15-29,30-16-8-4-9-17-30)31-18-10-5-11-19-31/h3-20,22-25,33H,21H2,1-2H3. The van der Waals surface area contributed by atoms with E-state index < -0.39 is 5.54 Å². The Labute approximate surface area is 234 Å². The molecule has 0 spiro atoms. The lowest BCUT2D eigenvalue weighted by Gasteiger charge is -2.37. The summed E-state index contributed by atoms with van der Waals surface area (Å²) in [6.45, 7) is 4.41. The molecular weight excluding hydrogens is 494 g/mol. The summed E-state index contributed by atoms with van der Waals surface area (Å²) >= 11 is 1.50. The van der Waals surface area contributed by atoms with E-state index in [1.807, 2.05) is 12.5 Å². The van der Waals surface area contributed by atoms with Crippen molar-refractivity contribution in [2.45, 2.75) is 31.7 Å². The topological polar surface area (TPSA) is 30.7 Å². The molecule has 3 nitrogen and oxygen atoms in total. The lowest BCUT2D eigenvalue weighted by atomic mass is 9.76. The summed E-state index contributed by atoms with van der Waals surface area (Å²) in [5.74, 6) is 0.113. The largest absolute Gasteiger partial charge is 0.319 e. The molecule has 39 heavy (non-hydrogen) atoms. The maximum Gasteiger partial charge on any atom is 0.121 e. The number of rotatable bonds is 8. The normalized spacial score (nSPS) is 12.4. The molecule has 0 aliphatic rings. The summed E-state index contributed by atoms with van der Waals surface area (Å²) in [5, 5.41) is 2.15. The van der Waals surface area contributed by atoms with Crippen LogP contribution in [-0.4, -0.2) is 13.9 Å². The SMILES string of the molecule is Cc1cccc(C(Cc2cnsc2)c2cn(C(c3ccccc3)(c3ccccc3)c3ccccc3)cn2)c1C. The molecule has 2 aromatic heterocycles. The first kappa shape index (κ1) is 25.0. The van der Waals surface area contributed by atoms with E-state index in [1.165, 1.54) is 50.5 Å². The molecule has 0 radical (unpaired) electrons.